The molecule has 1 heterocycles. The van der Waals surface area contributed by atoms with Gasteiger partial charge in [0.2, 0.25) is 11.9 Å². The Morgan fingerprint density at radius 3 is 2.37 bits per heavy atom. The largest absolute Gasteiger partial charge is 0.382 e. The third-order valence-electron chi connectivity index (χ3n) is 3.20. The molecular weight excluding hydrogens is 258 g/mol. The van der Waals surface area contributed by atoms with Crippen LogP contribution in [0.3, 0.4) is 0 Å². The first-order valence-electron chi connectivity index (χ1n) is 5.48. The van der Waals surface area contributed by atoms with Gasteiger partial charge in [0.25, 0.3) is 0 Å². The highest BCUT2D eigenvalue weighted by Crippen LogP contribution is 2.38. The monoisotopic (exact) mass is 271 g/mol. The Morgan fingerprint density at radius 1 is 1.26 bits per heavy atom. The van der Waals surface area contributed by atoms with Gasteiger partial charge in [-0.3, -0.25) is 10.1 Å². The maximum absolute atomic E-state index is 10.9. The lowest BCUT2D eigenvalue weighted by Crippen LogP contribution is -2.70. The predicted octanol–water partition coefficient (Wildman–Crippen LogP) is -1.45. The van der Waals surface area contributed by atoms with Gasteiger partial charge in [0.05, 0.1) is 11.5 Å². The molecule has 0 amide bonds. The number of benzene rings is 1. The second-order valence-electron chi connectivity index (χ2n) is 4.33. The van der Waals surface area contributed by atoms with Crippen LogP contribution in [0.15, 0.2) is 30.3 Å². The Hall–Kier alpha value is -1.58. The lowest BCUT2D eigenvalue weighted by atomic mass is 9.86. The number of ether oxygens (including phenoxy) is 1. The number of nitro groups is 1. The lowest BCUT2D eigenvalue weighted by molar-refractivity contribution is -0.670. The van der Waals surface area contributed by atoms with E-state index in [2.05, 4.69) is 0 Å². The third-order valence-corrected chi connectivity index (χ3v) is 3.20. The minimum Gasteiger partial charge on any atom is -0.381 e. The van der Waals surface area contributed by atoms with Crippen LogP contribution in [0.5, 0.6) is 0 Å². The van der Waals surface area contributed by atoms with Crippen LogP contribution in [0.1, 0.15) is 5.56 Å². The topological polar surface area (TPSA) is 133 Å². The number of hydrogen-bond acceptors (Lipinski definition) is 7. The molecule has 2 rings (SSSR count). The predicted molar refractivity (Wildman–Crippen MR) is 60.2 cm³/mol. The SMILES string of the molecule is O=[N+]([O-])[C@]1(O)[C@H](O)COC(O)(c2ccccc2)[C@@H]1O. The maximum Gasteiger partial charge on any atom is 0.382 e. The summed E-state index contributed by atoms with van der Waals surface area (Å²) in [5, 5.41) is 50.4. The summed E-state index contributed by atoms with van der Waals surface area (Å²) >= 11 is 0. The molecule has 19 heavy (non-hydrogen) atoms. The summed E-state index contributed by atoms with van der Waals surface area (Å²) in [5.74, 6) is -2.47. The van der Waals surface area contributed by atoms with E-state index in [0.717, 1.165) is 0 Å². The average molecular weight is 271 g/mol. The molecule has 4 N–H and O–H groups in total. The van der Waals surface area contributed by atoms with Gasteiger partial charge in [-0.1, -0.05) is 30.3 Å². The second-order valence-corrected chi connectivity index (χ2v) is 4.33. The summed E-state index contributed by atoms with van der Waals surface area (Å²) in [4.78, 5) is 9.65. The standard InChI is InChI=1S/C11H13NO7/c13-8-6-19-11(16,7-4-2-1-3-5-7)9(14)10(8,15)12(17)18/h1-5,8-9,13-16H,6H2/t8-,9-,10+,11?/m1/s1. The van der Waals surface area contributed by atoms with Crippen LogP contribution in [0.25, 0.3) is 0 Å². The number of hydrogen-bond donors (Lipinski definition) is 4. The van der Waals surface area contributed by atoms with Crippen molar-refractivity contribution in [2.45, 2.75) is 23.7 Å². The molecule has 0 aromatic heterocycles. The van der Waals surface area contributed by atoms with E-state index in [4.69, 9.17) is 4.74 Å². The zero-order valence-electron chi connectivity index (χ0n) is 9.71. The smallest absolute Gasteiger partial charge is 0.381 e. The van der Waals surface area contributed by atoms with Crippen LogP contribution < -0.4 is 0 Å². The first-order valence-corrected chi connectivity index (χ1v) is 5.48. The molecule has 0 saturated carbocycles. The van der Waals surface area contributed by atoms with Gasteiger partial charge in [0, 0.05) is 5.56 Å². The molecule has 1 aliphatic heterocycles. The van der Waals surface area contributed by atoms with E-state index in [0.29, 0.717) is 0 Å². The summed E-state index contributed by atoms with van der Waals surface area (Å²) in [7, 11) is 0. The Kier molecular flexibility index (Phi) is 3.29. The molecule has 0 spiro atoms. The number of aliphatic hydroxyl groups is 4. The molecule has 0 radical (unpaired) electrons. The normalized spacial score (nSPS) is 38.9. The van der Waals surface area contributed by atoms with Gasteiger partial charge in [-0.2, -0.15) is 0 Å². The van der Waals surface area contributed by atoms with Crippen molar-refractivity contribution in [2.75, 3.05) is 6.61 Å². The molecule has 1 aromatic rings. The lowest BCUT2D eigenvalue weighted by Gasteiger charge is -2.43. The molecule has 104 valence electrons. The fourth-order valence-corrected chi connectivity index (χ4v) is 2.02. The van der Waals surface area contributed by atoms with Gasteiger partial charge in [-0.25, -0.2) is 0 Å². The van der Waals surface area contributed by atoms with Gasteiger partial charge in [0.15, 0.2) is 6.10 Å². The summed E-state index contributed by atoms with van der Waals surface area (Å²) in [6.45, 7) is -0.695. The number of rotatable bonds is 2. The van der Waals surface area contributed by atoms with Gasteiger partial charge >= 0.3 is 5.72 Å². The van der Waals surface area contributed by atoms with Gasteiger partial charge in [0.1, 0.15) is 0 Å². The van der Waals surface area contributed by atoms with Crippen molar-refractivity contribution in [2.24, 2.45) is 0 Å². The van der Waals surface area contributed by atoms with E-state index in [1.807, 2.05) is 0 Å². The Morgan fingerprint density at radius 2 is 1.84 bits per heavy atom. The Balaban J connectivity index is 2.47. The molecule has 1 fully saturated rings. The van der Waals surface area contributed by atoms with E-state index in [1.165, 1.54) is 24.3 Å². The average Bonchev–Trinajstić information content (AvgIpc) is 2.42. The zero-order chi connectivity index (χ0) is 14.3. The van der Waals surface area contributed by atoms with E-state index < -0.39 is 35.3 Å². The quantitative estimate of drug-likeness (QED) is 0.294. The van der Waals surface area contributed by atoms with Crippen molar-refractivity contribution < 1.29 is 30.1 Å². The van der Waals surface area contributed by atoms with Crippen LogP contribution in [-0.2, 0) is 10.5 Å². The fourth-order valence-electron chi connectivity index (χ4n) is 2.02. The molecule has 8 nitrogen and oxygen atoms in total. The fraction of sp³-hybridized carbons (Fsp3) is 0.455. The summed E-state index contributed by atoms with van der Waals surface area (Å²) in [6.07, 6.45) is -4.30. The van der Waals surface area contributed by atoms with E-state index in [-0.39, 0.29) is 5.56 Å². The maximum atomic E-state index is 10.9. The zero-order valence-corrected chi connectivity index (χ0v) is 9.71. The third kappa shape index (κ3) is 1.90. The molecule has 8 heteroatoms. The molecule has 1 unspecified atom stereocenters. The highest BCUT2D eigenvalue weighted by molar-refractivity contribution is 5.23. The van der Waals surface area contributed by atoms with E-state index in [1.54, 1.807) is 6.07 Å². The van der Waals surface area contributed by atoms with Gasteiger partial charge in [-0.15, -0.1) is 0 Å². The minimum absolute atomic E-state index is 0.0367. The number of nitrogens with zero attached hydrogens (tertiary/aromatic N) is 1. The minimum atomic E-state index is -3.11. The molecule has 0 bridgehead atoms. The van der Waals surface area contributed by atoms with Crippen molar-refractivity contribution in [1.29, 1.82) is 0 Å². The highest BCUT2D eigenvalue weighted by atomic mass is 16.7. The van der Waals surface area contributed by atoms with Crippen molar-refractivity contribution >= 4 is 0 Å². The molecule has 1 saturated heterocycles. The van der Waals surface area contributed by atoms with Crippen LogP contribution in [-0.4, -0.2) is 49.9 Å². The first-order chi connectivity index (χ1) is 8.83. The van der Waals surface area contributed by atoms with Crippen LogP contribution >= 0.6 is 0 Å². The number of aliphatic hydroxyl groups excluding tert-OH is 2. The first kappa shape index (κ1) is 13.8. The molecule has 1 aliphatic rings. The van der Waals surface area contributed by atoms with Crippen molar-refractivity contribution in [3.05, 3.63) is 46.0 Å². The van der Waals surface area contributed by atoms with Gasteiger partial charge in [-0.05, 0) is 0 Å². The molecule has 1 aromatic carbocycles. The summed E-state index contributed by atoms with van der Waals surface area (Å²) in [5.41, 5.74) is -3.07. The van der Waals surface area contributed by atoms with Crippen molar-refractivity contribution in [1.82, 2.24) is 0 Å². The van der Waals surface area contributed by atoms with Gasteiger partial charge < -0.3 is 25.2 Å². The van der Waals surface area contributed by atoms with Crippen molar-refractivity contribution in [3.63, 3.8) is 0 Å². The van der Waals surface area contributed by atoms with Crippen LogP contribution in [0.4, 0.5) is 0 Å². The van der Waals surface area contributed by atoms with Crippen molar-refractivity contribution in [3.8, 4) is 0 Å². The Labute approximate surface area is 107 Å². The summed E-state index contributed by atoms with van der Waals surface area (Å²) < 4.78 is 4.91. The highest BCUT2D eigenvalue weighted by Gasteiger charge is 2.67. The van der Waals surface area contributed by atoms with E-state index in [9.17, 15) is 30.5 Å². The van der Waals surface area contributed by atoms with Crippen LogP contribution in [0.2, 0.25) is 0 Å². The molecule has 4 atom stereocenters. The molecular formula is C11H13NO7. The Bertz CT molecular complexity index is 481. The summed E-state index contributed by atoms with van der Waals surface area (Å²) in [6, 6.07) is 7.44. The van der Waals surface area contributed by atoms with E-state index >= 15 is 0 Å². The second kappa shape index (κ2) is 4.51. The molecule has 0 aliphatic carbocycles. The van der Waals surface area contributed by atoms with Crippen LogP contribution in [0, 0.1) is 10.1 Å².